The number of rotatable bonds is 3. The van der Waals surface area contributed by atoms with Crippen LogP contribution in [0.4, 0.5) is 0 Å². The Morgan fingerprint density at radius 1 is 1.32 bits per heavy atom. The van der Waals surface area contributed by atoms with Gasteiger partial charge in [0.25, 0.3) is 0 Å². The molecule has 0 spiro atoms. The van der Waals surface area contributed by atoms with E-state index >= 15 is 0 Å². The van der Waals surface area contributed by atoms with Crippen LogP contribution in [-0.4, -0.2) is 15.8 Å². The summed E-state index contributed by atoms with van der Waals surface area (Å²) in [5.41, 5.74) is 11.7. The van der Waals surface area contributed by atoms with E-state index in [1.807, 2.05) is 18.5 Å². The van der Waals surface area contributed by atoms with E-state index in [1.54, 1.807) is 0 Å². The van der Waals surface area contributed by atoms with Crippen LogP contribution in [0, 0.1) is 20.8 Å². The molecule has 0 aliphatic heterocycles. The van der Waals surface area contributed by atoms with Crippen LogP contribution in [0.1, 0.15) is 29.4 Å². The lowest BCUT2D eigenvalue weighted by Crippen LogP contribution is -2.18. The van der Waals surface area contributed by atoms with Crippen LogP contribution >= 0.6 is 15.9 Å². The fraction of sp³-hybridized carbons (Fsp3) is 0.400. The summed E-state index contributed by atoms with van der Waals surface area (Å²) >= 11 is 3.63. The fourth-order valence-electron chi connectivity index (χ4n) is 2.15. The van der Waals surface area contributed by atoms with Gasteiger partial charge >= 0.3 is 0 Å². The van der Waals surface area contributed by atoms with E-state index in [-0.39, 0.29) is 6.04 Å². The summed E-state index contributed by atoms with van der Waals surface area (Å²) in [6, 6.07) is 6.49. The first kappa shape index (κ1) is 14.3. The molecule has 2 aromatic rings. The number of aromatic nitrogens is 2. The first-order chi connectivity index (χ1) is 8.90. The maximum Gasteiger partial charge on any atom is 0.0660 e. The highest BCUT2D eigenvalue weighted by Gasteiger charge is 2.10. The van der Waals surface area contributed by atoms with Gasteiger partial charge in [-0.3, -0.25) is 0 Å². The lowest BCUT2D eigenvalue weighted by Gasteiger charge is -2.11. The normalized spacial score (nSPS) is 12.7. The summed E-state index contributed by atoms with van der Waals surface area (Å²) in [7, 11) is 0. The minimum absolute atomic E-state index is 0.165. The van der Waals surface area contributed by atoms with Gasteiger partial charge in [0.05, 0.1) is 11.4 Å². The molecule has 0 aliphatic carbocycles. The zero-order valence-corrected chi connectivity index (χ0v) is 13.5. The number of halogens is 1. The Kier molecular flexibility index (Phi) is 4.11. The SMILES string of the molecule is Cc1nn(-c2ccc(CC(C)N)c(Br)c2)c(C)c1C. The van der Waals surface area contributed by atoms with Gasteiger partial charge in [-0.15, -0.1) is 0 Å². The topological polar surface area (TPSA) is 43.8 Å². The first-order valence-electron chi connectivity index (χ1n) is 6.47. The summed E-state index contributed by atoms with van der Waals surface area (Å²) in [4.78, 5) is 0. The van der Waals surface area contributed by atoms with Gasteiger partial charge in [-0.1, -0.05) is 22.0 Å². The van der Waals surface area contributed by atoms with Crippen molar-refractivity contribution in [2.45, 2.75) is 40.2 Å². The van der Waals surface area contributed by atoms with Gasteiger partial charge in [0.15, 0.2) is 0 Å². The second kappa shape index (κ2) is 5.47. The van der Waals surface area contributed by atoms with Crippen molar-refractivity contribution in [2.24, 2.45) is 5.73 Å². The molecule has 19 heavy (non-hydrogen) atoms. The first-order valence-corrected chi connectivity index (χ1v) is 7.26. The zero-order valence-electron chi connectivity index (χ0n) is 11.9. The lowest BCUT2D eigenvalue weighted by molar-refractivity contribution is 0.735. The molecule has 0 radical (unpaired) electrons. The van der Waals surface area contributed by atoms with E-state index in [0.717, 1.165) is 22.3 Å². The molecule has 1 unspecified atom stereocenters. The van der Waals surface area contributed by atoms with Crippen LogP contribution in [0.2, 0.25) is 0 Å². The van der Waals surface area contributed by atoms with Crippen molar-refractivity contribution in [3.63, 3.8) is 0 Å². The van der Waals surface area contributed by atoms with Gasteiger partial charge in [0, 0.05) is 16.2 Å². The Hall–Kier alpha value is -1.13. The fourth-order valence-corrected chi connectivity index (χ4v) is 2.68. The molecule has 3 nitrogen and oxygen atoms in total. The highest BCUT2D eigenvalue weighted by Crippen LogP contribution is 2.24. The molecule has 2 N–H and O–H groups in total. The molecule has 0 bridgehead atoms. The Balaban J connectivity index is 2.41. The molecule has 1 atom stereocenters. The number of hydrogen-bond acceptors (Lipinski definition) is 2. The van der Waals surface area contributed by atoms with Gasteiger partial charge in [-0.05, 0) is 57.4 Å². The second-order valence-electron chi connectivity index (χ2n) is 5.16. The van der Waals surface area contributed by atoms with E-state index in [9.17, 15) is 0 Å². The van der Waals surface area contributed by atoms with E-state index < -0.39 is 0 Å². The third kappa shape index (κ3) is 2.90. The van der Waals surface area contributed by atoms with Crippen LogP contribution in [-0.2, 0) is 6.42 Å². The van der Waals surface area contributed by atoms with Gasteiger partial charge < -0.3 is 5.73 Å². The standard InChI is InChI=1S/C15H20BrN3/c1-9(17)7-13-5-6-14(8-15(13)16)19-12(4)10(2)11(3)18-19/h5-6,8-9H,7,17H2,1-4H3. The minimum atomic E-state index is 0.165. The van der Waals surface area contributed by atoms with Crippen molar-refractivity contribution < 1.29 is 0 Å². The predicted molar refractivity (Wildman–Crippen MR) is 82.8 cm³/mol. The summed E-state index contributed by atoms with van der Waals surface area (Å²) in [6.07, 6.45) is 0.872. The summed E-state index contributed by atoms with van der Waals surface area (Å²) in [5, 5.41) is 4.58. The molecule has 0 aliphatic rings. The third-order valence-electron chi connectivity index (χ3n) is 3.48. The van der Waals surface area contributed by atoms with Crippen LogP contribution in [0.25, 0.3) is 5.69 Å². The predicted octanol–water partition coefficient (Wildman–Crippen LogP) is 3.45. The molecular formula is C15H20BrN3. The average Bonchev–Trinajstić information content (AvgIpc) is 2.59. The Morgan fingerprint density at radius 3 is 2.47 bits per heavy atom. The summed E-state index contributed by atoms with van der Waals surface area (Å²) in [5.74, 6) is 0. The van der Waals surface area contributed by atoms with Crippen molar-refractivity contribution in [2.75, 3.05) is 0 Å². The molecule has 102 valence electrons. The zero-order chi connectivity index (χ0) is 14.2. The van der Waals surface area contributed by atoms with Crippen molar-refractivity contribution in [3.05, 3.63) is 45.2 Å². The molecule has 0 fully saturated rings. The monoisotopic (exact) mass is 321 g/mol. The number of benzene rings is 1. The van der Waals surface area contributed by atoms with Crippen LogP contribution in [0.5, 0.6) is 0 Å². The smallest absolute Gasteiger partial charge is 0.0660 e. The molecule has 0 amide bonds. The number of nitrogens with zero attached hydrogens (tertiary/aromatic N) is 2. The minimum Gasteiger partial charge on any atom is -0.328 e. The summed E-state index contributed by atoms with van der Waals surface area (Å²) < 4.78 is 3.08. The molecule has 1 aromatic carbocycles. The number of hydrogen-bond donors (Lipinski definition) is 1. The van der Waals surface area contributed by atoms with Crippen molar-refractivity contribution in [1.82, 2.24) is 9.78 Å². The maximum absolute atomic E-state index is 5.85. The molecule has 2 rings (SSSR count). The van der Waals surface area contributed by atoms with E-state index in [4.69, 9.17) is 5.73 Å². The highest BCUT2D eigenvalue weighted by molar-refractivity contribution is 9.10. The number of aryl methyl sites for hydroxylation is 1. The largest absolute Gasteiger partial charge is 0.328 e. The Morgan fingerprint density at radius 2 is 2.00 bits per heavy atom. The van der Waals surface area contributed by atoms with Crippen molar-refractivity contribution in [1.29, 1.82) is 0 Å². The number of nitrogens with two attached hydrogens (primary N) is 1. The molecule has 1 heterocycles. The van der Waals surface area contributed by atoms with Gasteiger partial charge in [0.1, 0.15) is 0 Å². The molecule has 4 heteroatoms. The van der Waals surface area contributed by atoms with Crippen LogP contribution in [0.3, 0.4) is 0 Å². The maximum atomic E-state index is 5.85. The Bertz CT molecular complexity index is 600. The molecule has 1 aromatic heterocycles. The van der Waals surface area contributed by atoms with E-state index in [2.05, 4.69) is 53.1 Å². The van der Waals surface area contributed by atoms with E-state index in [1.165, 1.54) is 16.8 Å². The average molecular weight is 322 g/mol. The molecule has 0 saturated carbocycles. The van der Waals surface area contributed by atoms with Gasteiger partial charge in [-0.2, -0.15) is 5.10 Å². The quantitative estimate of drug-likeness (QED) is 0.940. The molecule has 0 saturated heterocycles. The van der Waals surface area contributed by atoms with Gasteiger partial charge in [0.2, 0.25) is 0 Å². The lowest BCUT2D eigenvalue weighted by atomic mass is 10.1. The summed E-state index contributed by atoms with van der Waals surface area (Å²) in [6.45, 7) is 8.26. The Labute approximate surface area is 122 Å². The van der Waals surface area contributed by atoms with Crippen LogP contribution < -0.4 is 5.73 Å². The van der Waals surface area contributed by atoms with Gasteiger partial charge in [-0.25, -0.2) is 4.68 Å². The highest BCUT2D eigenvalue weighted by atomic mass is 79.9. The third-order valence-corrected chi connectivity index (χ3v) is 4.21. The van der Waals surface area contributed by atoms with Crippen molar-refractivity contribution >= 4 is 15.9 Å². The van der Waals surface area contributed by atoms with Crippen molar-refractivity contribution in [3.8, 4) is 5.69 Å². The van der Waals surface area contributed by atoms with E-state index in [0.29, 0.717) is 0 Å². The van der Waals surface area contributed by atoms with Crippen LogP contribution in [0.15, 0.2) is 22.7 Å². The molecular weight excluding hydrogens is 302 g/mol. The second-order valence-corrected chi connectivity index (χ2v) is 6.02.